The largest absolute Gasteiger partial charge is 0.462 e. The Hall–Kier alpha value is -3.30. The number of rotatable bonds is 8. The van der Waals surface area contributed by atoms with E-state index in [1.54, 1.807) is 27.7 Å². The molecule has 0 bridgehead atoms. The maximum Gasteiger partial charge on any atom is 0.348 e. The fourth-order valence-electron chi connectivity index (χ4n) is 3.85. The lowest BCUT2D eigenvalue weighted by Gasteiger charge is -2.10. The van der Waals surface area contributed by atoms with E-state index in [-0.39, 0.29) is 12.7 Å². The van der Waals surface area contributed by atoms with Gasteiger partial charge < -0.3 is 14.8 Å². The number of hydrogen-bond donors (Lipinski definition) is 1. The van der Waals surface area contributed by atoms with Gasteiger partial charge in [-0.1, -0.05) is 38.1 Å². The van der Waals surface area contributed by atoms with Crippen molar-refractivity contribution in [2.24, 2.45) is 0 Å². The SMILES string of the molecule is CCOC(=O)c1c(Nc2ncnc3scc(-c4ccc(C(C)C)cc4)c23)sc(C(=O)OC(C)C)c1C. The van der Waals surface area contributed by atoms with Crippen molar-refractivity contribution in [2.75, 3.05) is 11.9 Å². The molecule has 3 aromatic heterocycles. The van der Waals surface area contributed by atoms with Crippen LogP contribution < -0.4 is 5.32 Å². The number of nitrogens with zero attached hydrogens (tertiary/aromatic N) is 2. The van der Waals surface area contributed by atoms with E-state index in [0.29, 0.717) is 32.7 Å². The van der Waals surface area contributed by atoms with Crippen LogP contribution in [0.5, 0.6) is 0 Å². The number of nitrogens with one attached hydrogen (secondary N) is 1. The van der Waals surface area contributed by atoms with E-state index in [1.807, 2.05) is 0 Å². The Balaban J connectivity index is 1.80. The molecule has 0 radical (unpaired) electrons. The van der Waals surface area contributed by atoms with E-state index in [2.05, 4.69) is 58.8 Å². The smallest absolute Gasteiger partial charge is 0.348 e. The van der Waals surface area contributed by atoms with Crippen LogP contribution in [0, 0.1) is 6.92 Å². The van der Waals surface area contributed by atoms with Crippen LogP contribution in [0.2, 0.25) is 0 Å². The van der Waals surface area contributed by atoms with E-state index < -0.39 is 11.9 Å². The van der Waals surface area contributed by atoms with Crippen LogP contribution >= 0.6 is 22.7 Å². The molecule has 0 aliphatic heterocycles. The van der Waals surface area contributed by atoms with Crippen molar-refractivity contribution in [1.82, 2.24) is 9.97 Å². The third kappa shape index (κ3) is 5.12. The molecule has 9 heteroatoms. The molecule has 0 fully saturated rings. The van der Waals surface area contributed by atoms with Gasteiger partial charge in [-0.2, -0.15) is 0 Å². The first-order valence-electron chi connectivity index (χ1n) is 11.8. The van der Waals surface area contributed by atoms with Crippen molar-refractivity contribution in [3.8, 4) is 11.1 Å². The first kappa shape index (κ1) is 25.8. The molecule has 0 atom stereocenters. The van der Waals surface area contributed by atoms with Crippen molar-refractivity contribution in [1.29, 1.82) is 0 Å². The second kappa shape index (κ2) is 10.8. The molecule has 4 aromatic rings. The lowest BCUT2D eigenvalue weighted by atomic mass is 9.99. The highest BCUT2D eigenvalue weighted by Crippen LogP contribution is 2.41. The average molecular weight is 524 g/mol. The number of ether oxygens (including phenoxy) is 2. The Morgan fingerprint density at radius 2 is 1.78 bits per heavy atom. The first-order chi connectivity index (χ1) is 17.2. The van der Waals surface area contributed by atoms with Gasteiger partial charge in [0.2, 0.25) is 0 Å². The minimum Gasteiger partial charge on any atom is -0.462 e. The number of thiophene rings is 2. The fourth-order valence-corrected chi connectivity index (χ4v) is 5.84. The predicted octanol–water partition coefficient (Wildman–Crippen LogP) is 7.34. The Kier molecular flexibility index (Phi) is 7.70. The molecule has 188 valence electrons. The second-order valence-electron chi connectivity index (χ2n) is 8.89. The molecule has 1 aromatic carbocycles. The molecule has 0 saturated heterocycles. The van der Waals surface area contributed by atoms with Crippen LogP contribution in [-0.2, 0) is 9.47 Å². The summed E-state index contributed by atoms with van der Waals surface area (Å²) in [6.45, 7) is 11.6. The van der Waals surface area contributed by atoms with Gasteiger partial charge in [0.1, 0.15) is 26.9 Å². The molecule has 0 amide bonds. The molecule has 36 heavy (non-hydrogen) atoms. The minimum absolute atomic E-state index is 0.220. The van der Waals surface area contributed by atoms with Gasteiger partial charge >= 0.3 is 11.9 Å². The van der Waals surface area contributed by atoms with Crippen LogP contribution in [-0.4, -0.2) is 34.6 Å². The van der Waals surface area contributed by atoms with Crippen molar-refractivity contribution < 1.29 is 19.1 Å². The standard InChI is InChI=1S/C27H29N3O4S2/c1-7-33-26(31)20-16(6)22(27(32)34-15(4)5)36-25(20)30-23-21-19(12-35-24(21)29-13-28-23)18-10-8-17(9-11-18)14(2)3/h8-15H,7H2,1-6H3,(H,28,29,30). The number of fused-ring (bicyclic) bond motifs is 1. The summed E-state index contributed by atoms with van der Waals surface area (Å²) in [4.78, 5) is 35.8. The summed E-state index contributed by atoms with van der Waals surface area (Å²) in [5.41, 5.74) is 4.15. The van der Waals surface area contributed by atoms with Gasteiger partial charge in [-0.15, -0.1) is 22.7 Å². The Bertz CT molecular complexity index is 1400. The topological polar surface area (TPSA) is 90.4 Å². The van der Waals surface area contributed by atoms with Gasteiger partial charge in [-0.05, 0) is 50.3 Å². The minimum atomic E-state index is -0.502. The molecule has 0 spiro atoms. The summed E-state index contributed by atoms with van der Waals surface area (Å²) in [7, 11) is 0. The highest BCUT2D eigenvalue weighted by atomic mass is 32.1. The van der Waals surface area contributed by atoms with E-state index in [1.165, 1.54) is 23.2 Å². The zero-order valence-corrected chi connectivity index (χ0v) is 22.8. The summed E-state index contributed by atoms with van der Waals surface area (Å²) >= 11 is 2.69. The van der Waals surface area contributed by atoms with Crippen LogP contribution in [0.25, 0.3) is 21.3 Å². The molecule has 3 heterocycles. The summed E-state index contributed by atoms with van der Waals surface area (Å²) in [5.74, 6) is 0.0244. The van der Waals surface area contributed by atoms with Gasteiger partial charge in [0.25, 0.3) is 0 Å². The van der Waals surface area contributed by atoms with Gasteiger partial charge in [0.05, 0.1) is 23.7 Å². The zero-order chi connectivity index (χ0) is 26.0. The Morgan fingerprint density at radius 3 is 2.42 bits per heavy atom. The van der Waals surface area contributed by atoms with Gasteiger partial charge in [-0.25, -0.2) is 19.6 Å². The summed E-state index contributed by atoms with van der Waals surface area (Å²) in [5, 5.41) is 6.71. The average Bonchev–Trinajstić information content (AvgIpc) is 3.40. The van der Waals surface area contributed by atoms with E-state index in [4.69, 9.17) is 9.47 Å². The number of benzene rings is 1. The van der Waals surface area contributed by atoms with Gasteiger partial charge in [0, 0.05) is 10.9 Å². The lowest BCUT2D eigenvalue weighted by molar-refractivity contribution is 0.0383. The van der Waals surface area contributed by atoms with Crippen LogP contribution in [0.15, 0.2) is 36.0 Å². The summed E-state index contributed by atoms with van der Waals surface area (Å²) in [6, 6.07) is 8.48. The summed E-state index contributed by atoms with van der Waals surface area (Å²) < 4.78 is 10.7. The van der Waals surface area contributed by atoms with Crippen molar-refractivity contribution in [2.45, 2.75) is 53.6 Å². The number of aromatic nitrogens is 2. The maximum absolute atomic E-state index is 12.9. The van der Waals surface area contributed by atoms with Crippen molar-refractivity contribution in [3.63, 3.8) is 0 Å². The van der Waals surface area contributed by atoms with Crippen molar-refractivity contribution in [3.05, 3.63) is 57.5 Å². The number of esters is 2. The summed E-state index contributed by atoms with van der Waals surface area (Å²) in [6.07, 6.45) is 1.21. The molecule has 4 rings (SSSR count). The molecule has 0 aliphatic carbocycles. The second-order valence-corrected chi connectivity index (χ2v) is 10.8. The number of carbonyl (C=O) groups excluding carboxylic acids is 2. The van der Waals surface area contributed by atoms with Crippen molar-refractivity contribution >= 4 is 55.6 Å². The highest BCUT2D eigenvalue weighted by Gasteiger charge is 2.28. The van der Waals surface area contributed by atoms with Gasteiger partial charge in [0.15, 0.2) is 0 Å². The third-order valence-corrected chi connectivity index (χ3v) is 7.72. The number of carbonyl (C=O) groups is 2. The van der Waals surface area contributed by atoms with Gasteiger partial charge in [-0.3, -0.25) is 0 Å². The van der Waals surface area contributed by atoms with E-state index in [0.717, 1.165) is 32.7 Å². The molecular weight excluding hydrogens is 494 g/mol. The maximum atomic E-state index is 12.9. The normalized spacial score (nSPS) is 11.3. The van der Waals surface area contributed by atoms with Crippen LogP contribution in [0.4, 0.5) is 10.8 Å². The lowest BCUT2D eigenvalue weighted by Crippen LogP contribution is -2.12. The number of anilines is 2. The number of hydrogen-bond acceptors (Lipinski definition) is 9. The molecule has 0 unspecified atom stereocenters. The fraction of sp³-hybridized carbons (Fsp3) is 0.333. The molecule has 1 N–H and O–H groups in total. The Labute approximate surface area is 218 Å². The quantitative estimate of drug-likeness (QED) is 0.242. The Morgan fingerprint density at radius 1 is 1.06 bits per heavy atom. The molecule has 0 saturated carbocycles. The molecular formula is C27H29N3O4S2. The van der Waals surface area contributed by atoms with Crippen LogP contribution in [0.3, 0.4) is 0 Å². The highest BCUT2D eigenvalue weighted by molar-refractivity contribution is 7.18. The monoisotopic (exact) mass is 523 g/mol. The zero-order valence-electron chi connectivity index (χ0n) is 21.2. The van der Waals surface area contributed by atoms with E-state index >= 15 is 0 Å². The molecule has 7 nitrogen and oxygen atoms in total. The van der Waals surface area contributed by atoms with Crippen LogP contribution in [0.1, 0.15) is 71.7 Å². The first-order valence-corrected chi connectivity index (χ1v) is 13.5. The third-order valence-electron chi connectivity index (χ3n) is 5.64. The van der Waals surface area contributed by atoms with E-state index in [9.17, 15) is 9.59 Å². The predicted molar refractivity (Wildman–Crippen MR) is 146 cm³/mol. The molecule has 0 aliphatic rings.